The fraction of sp³-hybridized carbons (Fsp3) is 0.429. The van der Waals surface area contributed by atoms with E-state index in [-0.39, 0.29) is 24.0 Å². The maximum absolute atomic E-state index is 13.3. The van der Waals surface area contributed by atoms with E-state index in [2.05, 4.69) is 37.5 Å². The Labute approximate surface area is 207 Å². The van der Waals surface area contributed by atoms with Gasteiger partial charge in [0, 0.05) is 38.0 Å². The van der Waals surface area contributed by atoms with Gasteiger partial charge in [0.1, 0.15) is 19.1 Å². The molecule has 0 aliphatic rings. The number of rotatable bonds is 11. The van der Waals surface area contributed by atoms with Crippen molar-refractivity contribution in [3.8, 4) is 11.3 Å². The van der Waals surface area contributed by atoms with E-state index in [1.165, 1.54) is 7.11 Å². The zero-order valence-electron chi connectivity index (χ0n) is 21.2. The fourth-order valence-corrected chi connectivity index (χ4v) is 4.28. The van der Waals surface area contributed by atoms with Crippen LogP contribution in [0.5, 0.6) is 0 Å². The molecule has 2 aromatic carbocycles. The van der Waals surface area contributed by atoms with Crippen molar-refractivity contribution in [2.75, 3.05) is 26.9 Å². The maximum Gasteiger partial charge on any atom is 0.249 e. The summed E-state index contributed by atoms with van der Waals surface area (Å²) in [6.45, 7) is 6.49. The van der Waals surface area contributed by atoms with Crippen molar-refractivity contribution in [1.29, 1.82) is 0 Å². The van der Waals surface area contributed by atoms with Crippen LogP contribution in [0.4, 0.5) is 4.39 Å². The van der Waals surface area contributed by atoms with Crippen LogP contribution in [0.2, 0.25) is 0 Å². The van der Waals surface area contributed by atoms with E-state index in [9.17, 15) is 9.18 Å². The highest BCUT2D eigenvalue weighted by atomic mass is 19.1. The highest BCUT2D eigenvalue weighted by molar-refractivity contribution is 5.78. The Morgan fingerprint density at radius 3 is 2.31 bits per heavy atom. The van der Waals surface area contributed by atoms with Gasteiger partial charge < -0.3 is 19.9 Å². The number of hydrogen-bond donors (Lipinski definition) is 1. The Bertz CT molecular complexity index is 1060. The van der Waals surface area contributed by atoms with Gasteiger partial charge in [-0.2, -0.15) is 0 Å². The van der Waals surface area contributed by atoms with Crippen LogP contribution in [0.15, 0.2) is 66.9 Å². The van der Waals surface area contributed by atoms with Gasteiger partial charge in [0.05, 0.1) is 11.7 Å². The van der Waals surface area contributed by atoms with E-state index in [1.807, 2.05) is 54.7 Å². The molecule has 3 aromatic rings. The molecule has 0 spiro atoms. The molecule has 2 N–H and O–H groups in total. The topological polar surface area (TPSA) is 73.4 Å². The van der Waals surface area contributed by atoms with Crippen molar-refractivity contribution in [3.05, 3.63) is 78.2 Å². The molecule has 6 nitrogen and oxygen atoms in total. The van der Waals surface area contributed by atoms with Crippen LogP contribution in [0.3, 0.4) is 0 Å². The highest BCUT2D eigenvalue weighted by Crippen LogP contribution is 2.39. The number of nitrogens with two attached hydrogens (primary N) is 1. The number of aromatic nitrogens is 2. The summed E-state index contributed by atoms with van der Waals surface area (Å²) in [5.74, 6) is 0.604. The molecule has 1 aromatic heterocycles. The summed E-state index contributed by atoms with van der Waals surface area (Å²) < 4.78 is 20.5. The third-order valence-electron chi connectivity index (χ3n) is 5.98. The van der Waals surface area contributed by atoms with Gasteiger partial charge in [-0.25, -0.2) is 9.37 Å². The first-order valence-electron chi connectivity index (χ1n) is 12.0. The minimum Gasteiger partial charge on any atom is -0.375 e. The molecule has 35 heavy (non-hydrogen) atoms. The Kier molecular flexibility index (Phi) is 9.18. The SMILES string of the molecule is COCC(=O)N(CCC(N)CF)C(c1nc(-c2ccccc2)cn1Cc1ccccc1)C(C)(C)C. The van der Waals surface area contributed by atoms with Crippen LogP contribution in [0, 0.1) is 5.41 Å². The van der Waals surface area contributed by atoms with Crippen molar-refractivity contribution >= 4 is 5.91 Å². The van der Waals surface area contributed by atoms with Crippen molar-refractivity contribution in [2.45, 2.75) is 45.8 Å². The van der Waals surface area contributed by atoms with E-state index in [0.717, 1.165) is 22.6 Å². The van der Waals surface area contributed by atoms with Crippen molar-refractivity contribution in [3.63, 3.8) is 0 Å². The molecule has 0 saturated heterocycles. The zero-order valence-corrected chi connectivity index (χ0v) is 21.2. The third kappa shape index (κ3) is 6.99. The first kappa shape index (κ1) is 26.6. The molecule has 1 heterocycles. The predicted octanol–water partition coefficient (Wildman–Crippen LogP) is 4.85. The molecule has 7 heteroatoms. The van der Waals surface area contributed by atoms with Gasteiger partial charge in [0.2, 0.25) is 5.91 Å². The van der Waals surface area contributed by atoms with Gasteiger partial charge in [0.15, 0.2) is 0 Å². The van der Waals surface area contributed by atoms with Crippen molar-refractivity contribution in [2.24, 2.45) is 11.1 Å². The molecule has 0 fully saturated rings. The molecule has 2 atom stereocenters. The van der Waals surface area contributed by atoms with Crippen molar-refractivity contribution in [1.82, 2.24) is 14.5 Å². The molecule has 0 aliphatic heterocycles. The van der Waals surface area contributed by atoms with E-state index in [1.54, 1.807) is 4.90 Å². The number of amides is 1. The largest absolute Gasteiger partial charge is 0.375 e. The maximum atomic E-state index is 13.3. The van der Waals surface area contributed by atoms with Crippen LogP contribution < -0.4 is 5.73 Å². The molecular formula is C28H37FN4O2. The number of alkyl halides is 1. The van der Waals surface area contributed by atoms with Gasteiger partial charge >= 0.3 is 0 Å². The van der Waals surface area contributed by atoms with Gasteiger partial charge in [-0.15, -0.1) is 0 Å². The first-order chi connectivity index (χ1) is 16.7. The molecule has 188 valence electrons. The zero-order chi connectivity index (χ0) is 25.4. The van der Waals surface area contributed by atoms with Gasteiger partial charge in [-0.3, -0.25) is 4.79 Å². The average Bonchev–Trinajstić information content (AvgIpc) is 3.24. The average molecular weight is 481 g/mol. The second-order valence-electron chi connectivity index (χ2n) is 9.96. The molecule has 0 bridgehead atoms. The van der Waals surface area contributed by atoms with E-state index >= 15 is 0 Å². The molecule has 0 aliphatic carbocycles. The number of methoxy groups -OCH3 is 1. The lowest BCUT2D eigenvalue weighted by Crippen LogP contribution is -2.45. The lowest BCUT2D eigenvalue weighted by molar-refractivity contribution is -0.140. The number of hydrogen-bond acceptors (Lipinski definition) is 4. The van der Waals surface area contributed by atoms with Gasteiger partial charge in [-0.1, -0.05) is 81.4 Å². The second-order valence-corrected chi connectivity index (χ2v) is 9.96. The monoisotopic (exact) mass is 480 g/mol. The number of carbonyl (C=O) groups excluding carboxylic acids is 1. The Hall–Kier alpha value is -3.03. The summed E-state index contributed by atoms with van der Waals surface area (Å²) in [5, 5.41) is 0. The standard InChI is InChI=1S/C28H37FN4O2/c1-28(2,3)26(33(25(34)20-35-4)16-15-23(30)17-29)27-31-24(22-13-9-6-10-14-22)19-32(27)18-21-11-7-5-8-12-21/h5-14,19,23,26H,15-18,20,30H2,1-4H3. The summed E-state index contributed by atoms with van der Waals surface area (Å²) in [4.78, 5) is 20.1. The Morgan fingerprint density at radius 1 is 1.11 bits per heavy atom. The predicted molar refractivity (Wildman–Crippen MR) is 138 cm³/mol. The van der Waals surface area contributed by atoms with E-state index < -0.39 is 12.7 Å². The number of carbonyl (C=O) groups is 1. The number of nitrogens with zero attached hydrogens (tertiary/aromatic N) is 3. The van der Waals surface area contributed by atoms with Crippen LogP contribution in [0.25, 0.3) is 11.3 Å². The van der Waals surface area contributed by atoms with Crippen molar-refractivity contribution < 1.29 is 13.9 Å². The molecule has 3 rings (SSSR count). The Morgan fingerprint density at radius 2 is 1.74 bits per heavy atom. The minimum atomic E-state index is -0.632. The first-order valence-corrected chi connectivity index (χ1v) is 12.0. The smallest absolute Gasteiger partial charge is 0.249 e. The van der Waals surface area contributed by atoms with Crippen LogP contribution >= 0.6 is 0 Å². The number of imidazole rings is 1. The summed E-state index contributed by atoms with van der Waals surface area (Å²) in [5.41, 5.74) is 8.50. The molecule has 0 radical (unpaired) electrons. The fourth-order valence-electron chi connectivity index (χ4n) is 4.28. The van der Waals surface area contributed by atoms with Gasteiger partial charge in [-0.05, 0) is 17.4 Å². The third-order valence-corrected chi connectivity index (χ3v) is 5.98. The Balaban J connectivity index is 2.13. The summed E-state index contributed by atoms with van der Waals surface area (Å²) >= 11 is 0. The molecule has 2 unspecified atom stereocenters. The quantitative estimate of drug-likeness (QED) is 0.426. The number of benzene rings is 2. The summed E-state index contributed by atoms with van der Waals surface area (Å²) in [6, 6.07) is 19.2. The van der Waals surface area contributed by atoms with E-state index in [0.29, 0.717) is 19.5 Å². The van der Waals surface area contributed by atoms with Gasteiger partial charge in [0.25, 0.3) is 0 Å². The lowest BCUT2D eigenvalue weighted by atomic mass is 9.84. The molecule has 0 saturated carbocycles. The molecular weight excluding hydrogens is 443 g/mol. The van der Waals surface area contributed by atoms with Crippen LogP contribution in [0.1, 0.15) is 44.6 Å². The summed E-state index contributed by atoms with van der Waals surface area (Å²) in [7, 11) is 1.50. The lowest BCUT2D eigenvalue weighted by Gasteiger charge is -2.40. The normalized spacial score (nSPS) is 13.4. The minimum absolute atomic E-state index is 0.0671. The van der Waals surface area contributed by atoms with E-state index in [4.69, 9.17) is 15.5 Å². The van der Waals surface area contributed by atoms with Crippen LogP contribution in [-0.4, -0.2) is 53.3 Å². The number of halogens is 1. The van der Waals surface area contributed by atoms with Crippen LogP contribution in [-0.2, 0) is 16.1 Å². The highest BCUT2D eigenvalue weighted by Gasteiger charge is 2.38. The molecule has 1 amide bonds. The number of ether oxygens (including phenoxy) is 1. The second kappa shape index (κ2) is 12.1. The summed E-state index contributed by atoms with van der Waals surface area (Å²) in [6.07, 6.45) is 2.39.